The van der Waals surface area contributed by atoms with Crippen molar-refractivity contribution in [2.45, 2.75) is 39.0 Å². The van der Waals surface area contributed by atoms with Crippen molar-refractivity contribution in [3.8, 4) is 0 Å². The van der Waals surface area contributed by atoms with Crippen LogP contribution in [0.15, 0.2) is 24.4 Å². The van der Waals surface area contributed by atoms with Crippen LogP contribution in [0.1, 0.15) is 63.7 Å². The molecule has 1 aromatic heterocycles. The van der Waals surface area contributed by atoms with Gasteiger partial charge in [-0.05, 0) is 42.4 Å². The van der Waals surface area contributed by atoms with Gasteiger partial charge in [-0.2, -0.15) is 5.10 Å². The summed E-state index contributed by atoms with van der Waals surface area (Å²) < 4.78 is 5.16. The highest BCUT2D eigenvalue weighted by Gasteiger charge is 2.19. The van der Waals surface area contributed by atoms with Crippen LogP contribution in [0.2, 0.25) is 0 Å². The van der Waals surface area contributed by atoms with E-state index in [1.165, 1.54) is 17.3 Å². The standard InChI is InChI=1S/C18H20N2O3/c1-11(2)17-15(9-19-20-17)18(22)23-10-16(21)14-7-6-12-4-3-5-13(12)8-14/h6-9,11H,3-5,10H2,1-2H3,(H,19,20). The number of esters is 1. The minimum absolute atomic E-state index is 0.132. The Morgan fingerprint density at radius 1 is 1.26 bits per heavy atom. The first-order valence-corrected chi connectivity index (χ1v) is 7.91. The molecule has 0 amide bonds. The topological polar surface area (TPSA) is 72.1 Å². The third-order valence-electron chi connectivity index (χ3n) is 4.22. The van der Waals surface area contributed by atoms with E-state index in [4.69, 9.17) is 4.74 Å². The molecule has 0 saturated heterocycles. The van der Waals surface area contributed by atoms with Crippen molar-refractivity contribution in [2.24, 2.45) is 0 Å². The number of carbonyl (C=O) groups is 2. The molecule has 1 aliphatic carbocycles. The number of ketones is 1. The Kier molecular flexibility index (Phi) is 4.28. The zero-order valence-corrected chi connectivity index (χ0v) is 13.4. The van der Waals surface area contributed by atoms with Crippen LogP contribution in [0.5, 0.6) is 0 Å². The summed E-state index contributed by atoms with van der Waals surface area (Å²) >= 11 is 0. The molecule has 1 aliphatic rings. The average molecular weight is 312 g/mol. The van der Waals surface area contributed by atoms with E-state index in [9.17, 15) is 9.59 Å². The maximum atomic E-state index is 12.2. The largest absolute Gasteiger partial charge is 0.454 e. The van der Waals surface area contributed by atoms with Crippen molar-refractivity contribution in [2.75, 3.05) is 6.61 Å². The second-order valence-corrected chi connectivity index (χ2v) is 6.19. The van der Waals surface area contributed by atoms with E-state index < -0.39 is 5.97 Å². The molecule has 0 unspecified atom stereocenters. The molecule has 1 aromatic carbocycles. The number of aromatic nitrogens is 2. The smallest absolute Gasteiger partial charge is 0.342 e. The van der Waals surface area contributed by atoms with Gasteiger partial charge in [0.15, 0.2) is 12.4 Å². The van der Waals surface area contributed by atoms with Gasteiger partial charge >= 0.3 is 5.97 Å². The number of rotatable bonds is 5. The van der Waals surface area contributed by atoms with Crippen molar-refractivity contribution in [1.29, 1.82) is 0 Å². The fraction of sp³-hybridized carbons (Fsp3) is 0.389. The molecule has 0 atom stereocenters. The number of benzene rings is 1. The molecule has 1 N–H and O–H groups in total. The van der Waals surface area contributed by atoms with Gasteiger partial charge in [-0.1, -0.05) is 26.0 Å². The SMILES string of the molecule is CC(C)c1[nH]ncc1C(=O)OCC(=O)c1ccc2c(c1)CCC2. The summed E-state index contributed by atoms with van der Waals surface area (Å²) in [6.45, 7) is 3.67. The van der Waals surface area contributed by atoms with Crippen LogP contribution in [0.3, 0.4) is 0 Å². The molecule has 0 radical (unpaired) electrons. The van der Waals surface area contributed by atoms with Gasteiger partial charge in [0.25, 0.3) is 0 Å². The second-order valence-electron chi connectivity index (χ2n) is 6.19. The highest BCUT2D eigenvalue weighted by atomic mass is 16.5. The molecule has 2 aromatic rings. The predicted octanol–water partition coefficient (Wildman–Crippen LogP) is 3.06. The first-order chi connectivity index (χ1) is 11.1. The van der Waals surface area contributed by atoms with Gasteiger partial charge in [0.2, 0.25) is 0 Å². The van der Waals surface area contributed by atoms with Gasteiger partial charge in [0.1, 0.15) is 5.56 Å². The molecule has 1 heterocycles. The van der Waals surface area contributed by atoms with Crippen LogP contribution < -0.4 is 0 Å². The first-order valence-electron chi connectivity index (χ1n) is 7.91. The highest BCUT2D eigenvalue weighted by molar-refractivity contribution is 5.99. The third kappa shape index (κ3) is 3.18. The van der Waals surface area contributed by atoms with Crippen molar-refractivity contribution >= 4 is 11.8 Å². The lowest BCUT2D eigenvalue weighted by Gasteiger charge is -2.07. The number of aryl methyl sites for hydroxylation is 2. The molecule has 0 bridgehead atoms. The number of fused-ring (bicyclic) bond motifs is 1. The predicted molar refractivity (Wildman–Crippen MR) is 85.8 cm³/mol. The monoisotopic (exact) mass is 312 g/mol. The number of H-pyrrole nitrogens is 1. The average Bonchev–Trinajstić information content (AvgIpc) is 3.19. The van der Waals surface area contributed by atoms with Crippen LogP contribution in [-0.2, 0) is 17.6 Å². The molecular weight excluding hydrogens is 292 g/mol. The van der Waals surface area contributed by atoms with E-state index in [0.29, 0.717) is 11.1 Å². The van der Waals surface area contributed by atoms with Crippen molar-refractivity contribution in [1.82, 2.24) is 10.2 Å². The summed E-state index contributed by atoms with van der Waals surface area (Å²) in [6, 6.07) is 5.75. The molecule has 3 rings (SSSR count). The lowest BCUT2D eigenvalue weighted by Crippen LogP contribution is -2.15. The zero-order chi connectivity index (χ0) is 16.4. The molecule has 5 nitrogen and oxygen atoms in total. The second kappa shape index (κ2) is 6.36. The molecule has 0 saturated carbocycles. The van der Waals surface area contributed by atoms with Gasteiger partial charge in [0, 0.05) is 5.56 Å². The van der Waals surface area contributed by atoms with Crippen molar-refractivity contribution < 1.29 is 14.3 Å². The van der Waals surface area contributed by atoms with E-state index >= 15 is 0 Å². The minimum Gasteiger partial charge on any atom is -0.454 e. The van der Waals surface area contributed by atoms with Gasteiger partial charge in [-0.25, -0.2) is 4.79 Å². The summed E-state index contributed by atoms with van der Waals surface area (Å²) in [5.41, 5.74) is 4.27. The first kappa shape index (κ1) is 15.5. The van der Waals surface area contributed by atoms with Crippen molar-refractivity contribution in [3.63, 3.8) is 0 Å². The summed E-state index contributed by atoms with van der Waals surface area (Å²) in [7, 11) is 0. The number of nitrogens with one attached hydrogen (secondary N) is 1. The van der Waals surface area contributed by atoms with Crippen LogP contribution in [0.4, 0.5) is 0 Å². The Bertz CT molecular complexity index is 746. The lowest BCUT2D eigenvalue weighted by molar-refractivity contribution is 0.0473. The zero-order valence-electron chi connectivity index (χ0n) is 13.4. The summed E-state index contributed by atoms with van der Waals surface area (Å²) in [6.07, 6.45) is 4.68. The van der Waals surface area contributed by atoms with Crippen LogP contribution in [0, 0.1) is 0 Å². The molecule has 5 heteroatoms. The molecule has 23 heavy (non-hydrogen) atoms. The van der Waals surface area contributed by atoms with E-state index in [2.05, 4.69) is 10.2 Å². The van der Waals surface area contributed by atoms with Crippen molar-refractivity contribution in [3.05, 3.63) is 52.3 Å². The Labute approximate surface area is 135 Å². The molecule has 0 aliphatic heterocycles. The van der Waals surface area contributed by atoms with Gasteiger partial charge in [0.05, 0.1) is 11.9 Å². The molecule has 0 fully saturated rings. The van der Waals surface area contributed by atoms with E-state index in [1.807, 2.05) is 32.0 Å². The quantitative estimate of drug-likeness (QED) is 0.680. The van der Waals surface area contributed by atoms with Gasteiger partial charge < -0.3 is 4.74 Å². The fourth-order valence-corrected chi connectivity index (χ4v) is 2.94. The number of hydrogen-bond acceptors (Lipinski definition) is 4. The Balaban J connectivity index is 1.65. The molecular formula is C18H20N2O3. The minimum atomic E-state index is -0.517. The van der Waals surface area contributed by atoms with Crippen LogP contribution in [-0.4, -0.2) is 28.6 Å². The maximum Gasteiger partial charge on any atom is 0.342 e. The number of carbonyl (C=O) groups excluding carboxylic acids is 2. The Morgan fingerprint density at radius 2 is 2.04 bits per heavy atom. The lowest BCUT2D eigenvalue weighted by atomic mass is 10.0. The number of nitrogens with zero attached hydrogens (tertiary/aromatic N) is 1. The maximum absolute atomic E-state index is 12.2. The number of hydrogen-bond donors (Lipinski definition) is 1. The highest BCUT2D eigenvalue weighted by Crippen LogP contribution is 2.23. The van der Waals surface area contributed by atoms with Crippen LogP contribution in [0.25, 0.3) is 0 Å². The summed E-state index contributed by atoms with van der Waals surface area (Å²) in [5.74, 6) is -0.563. The Hall–Kier alpha value is -2.43. The van der Waals surface area contributed by atoms with E-state index in [-0.39, 0.29) is 18.3 Å². The number of ether oxygens (including phenoxy) is 1. The fourth-order valence-electron chi connectivity index (χ4n) is 2.94. The van der Waals surface area contributed by atoms with Gasteiger partial charge in [-0.3, -0.25) is 9.89 Å². The Morgan fingerprint density at radius 3 is 2.83 bits per heavy atom. The summed E-state index contributed by atoms with van der Waals surface area (Å²) in [4.78, 5) is 24.4. The number of aromatic amines is 1. The third-order valence-corrected chi connectivity index (χ3v) is 4.22. The normalized spacial score (nSPS) is 13.2. The number of Topliss-reactive ketones (excluding diaryl/α,β-unsaturated/α-hetero) is 1. The van der Waals surface area contributed by atoms with Crippen LogP contribution >= 0.6 is 0 Å². The molecule has 0 spiro atoms. The summed E-state index contributed by atoms with van der Waals surface area (Å²) in [5, 5.41) is 6.68. The van der Waals surface area contributed by atoms with E-state index in [0.717, 1.165) is 25.0 Å². The molecule has 120 valence electrons. The van der Waals surface area contributed by atoms with Gasteiger partial charge in [-0.15, -0.1) is 0 Å². The van der Waals surface area contributed by atoms with E-state index in [1.54, 1.807) is 0 Å².